The summed E-state index contributed by atoms with van der Waals surface area (Å²) in [5.41, 5.74) is 8.21. The summed E-state index contributed by atoms with van der Waals surface area (Å²) in [4.78, 5) is 4.21. The van der Waals surface area contributed by atoms with Gasteiger partial charge in [0.25, 0.3) is 0 Å². The average Bonchev–Trinajstić information content (AvgIpc) is 2.47. The normalized spacial score (nSPS) is 13.8. The predicted octanol–water partition coefficient (Wildman–Crippen LogP) is 4.41. The number of aromatic nitrogens is 1. The quantitative estimate of drug-likeness (QED) is 0.875. The Labute approximate surface area is 120 Å². The van der Waals surface area contributed by atoms with Gasteiger partial charge in [0.05, 0.1) is 0 Å². The van der Waals surface area contributed by atoms with Crippen LogP contribution in [0.25, 0.3) is 0 Å². The zero-order valence-corrected chi connectivity index (χ0v) is 12.3. The highest BCUT2D eigenvalue weighted by Crippen LogP contribution is 2.25. The Morgan fingerprint density at radius 1 is 1.10 bits per heavy atom. The van der Waals surface area contributed by atoms with Crippen LogP contribution < -0.4 is 10.5 Å². The van der Waals surface area contributed by atoms with E-state index >= 15 is 0 Å². The summed E-state index contributed by atoms with van der Waals surface area (Å²) in [5, 5.41) is 0. The Kier molecular flexibility index (Phi) is 4.74. The van der Waals surface area contributed by atoms with Gasteiger partial charge in [0.2, 0.25) is 5.88 Å². The second-order valence-electron chi connectivity index (χ2n) is 5.20. The first-order chi connectivity index (χ1) is 9.60. The standard InChI is InChI=1S/C17H22N2O/c1-4-12(2)14-5-7-16(8-6-14)20-17-11-15(13(3)18)9-10-19-17/h5-13H,4,18H2,1-3H3. The monoisotopic (exact) mass is 270 g/mol. The molecular formula is C17H22N2O. The summed E-state index contributed by atoms with van der Waals surface area (Å²) in [7, 11) is 0. The molecule has 0 bridgehead atoms. The van der Waals surface area contributed by atoms with E-state index in [1.165, 1.54) is 5.56 Å². The van der Waals surface area contributed by atoms with Crippen LogP contribution in [0.15, 0.2) is 42.6 Å². The van der Waals surface area contributed by atoms with E-state index in [-0.39, 0.29) is 6.04 Å². The lowest BCUT2D eigenvalue weighted by Gasteiger charge is -2.11. The van der Waals surface area contributed by atoms with Crippen molar-refractivity contribution < 1.29 is 4.74 Å². The van der Waals surface area contributed by atoms with Gasteiger partial charge in [-0.25, -0.2) is 4.98 Å². The Morgan fingerprint density at radius 3 is 2.40 bits per heavy atom. The molecule has 0 radical (unpaired) electrons. The smallest absolute Gasteiger partial charge is 0.219 e. The summed E-state index contributed by atoms with van der Waals surface area (Å²) in [5.74, 6) is 1.95. The molecule has 0 saturated heterocycles. The van der Waals surface area contributed by atoms with E-state index in [9.17, 15) is 0 Å². The summed E-state index contributed by atoms with van der Waals surface area (Å²) >= 11 is 0. The summed E-state index contributed by atoms with van der Waals surface area (Å²) in [6, 6.07) is 12.0. The molecule has 0 aliphatic carbocycles. The van der Waals surface area contributed by atoms with Crippen molar-refractivity contribution in [2.24, 2.45) is 5.73 Å². The number of hydrogen-bond donors (Lipinski definition) is 1. The minimum absolute atomic E-state index is 0.0203. The van der Waals surface area contributed by atoms with Gasteiger partial charge in [-0.1, -0.05) is 26.0 Å². The SMILES string of the molecule is CCC(C)c1ccc(Oc2cc(C(C)N)ccn2)cc1. The molecule has 0 spiro atoms. The zero-order valence-electron chi connectivity index (χ0n) is 12.3. The van der Waals surface area contributed by atoms with E-state index in [2.05, 4.69) is 31.0 Å². The molecule has 3 heteroatoms. The number of hydrogen-bond acceptors (Lipinski definition) is 3. The molecule has 0 aliphatic heterocycles. The van der Waals surface area contributed by atoms with Crippen molar-refractivity contribution in [2.45, 2.75) is 39.2 Å². The van der Waals surface area contributed by atoms with Gasteiger partial charge in [0, 0.05) is 18.3 Å². The van der Waals surface area contributed by atoms with Crippen LogP contribution in [-0.2, 0) is 0 Å². The molecule has 1 heterocycles. The van der Waals surface area contributed by atoms with Crippen molar-refractivity contribution in [2.75, 3.05) is 0 Å². The molecule has 3 nitrogen and oxygen atoms in total. The van der Waals surface area contributed by atoms with Gasteiger partial charge in [-0.05, 0) is 48.6 Å². The molecule has 2 aromatic rings. The number of ether oxygens (including phenoxy) is 1. The Bertz CT molecular complexity index is 549. The minimum Gasteiger partial charge on any atom is -0.439 e. The number of pyridine rings is 1. The maximum absolute atomic E-state index is 5.86. The maximum Gasteiger partial charge on any atom is 0.219 e. The Morgan fingerprint density at radius 2 is 1.80 bits per heavy atom. The Balaban J connectivity index is 2.12. The highest BCUT2D eigenvalue weighted by Gasteiger charge is 2.05. The van der Waals surface area contributed by atoms with Gasteiger partial charge in [0.15, 0.2) is 0 Å². The summed E-state index contributed by atoms with van der Waals surface area (Å²) in [6.07, 6.45) is 2.86. The molecule has 2 rings (SSSR count). The molecule has 2 atom stereocenters. The van der Waals surface area contributed by atoms with E-state index in [1.807, 2.05) is 31.2 Å². The van der Waals surface area contributed by atoms with Gasteiger partial charge in [-0.15, -0.1) is 0 Å². The number of nitrogens with two attached hydrogens (primary N) is 1. The van der Waals surface area contributed by atoms with Crippen molar-refractivity contribution in [3.05, 3.63) is 53.7 Å². The topological polar surface area (TPSA) is 48.1 Å². The van der Waals surface area contributed by atoms with Crippen LogP contribution in [0.1, 0.15) is 50.3 Å². The van der Waals surface area contributed by atoms with Gasteiger partial charge >= 0.3 is 0 Å². The van der Waals surface area contributed by atoms with Crippen LogP contribution in [-0.4, -0.2) is 4.98 Å². The van der Waals surface area contributed by atoms with Crippen molar-refractivity contribution in [3.63, 3.8) is 0 Å². The van der Waals surface area contributed by atoms with E-state index < -0.39 is 0 Å². The zero-order chi connectivity index (χ0) is 14.5. The molecule has 106 valence electrons. The number of nitrogens with zero attached hydrogens (tertiary/aromatic N) is 1. The van der Waals surface area contributed by atoms with Crippen LogP contribution in [0, 0.1) is 0 Å². The highest BCUT2D eigenvalue weighted by molar-refractivity contribution is 5.33. The molecule has 0 saturated carbocycles. The molecule has 0 fully saturated rings. The molecule has 1 aromatic carbocycles. The fourth-order valence-electron chi connectivity index (χ4n) is 1.98. The maximum atomic E-state index is 5.86. The summed E-state index contributed by atoms with van der Waals surface area (Å²) in [6.45, 7) is 6.36. The van der Waals surface area contributed by atoms with Gasteiger partial charge in [-0.3, -0.25) is 0 Å². The third kappa shape index (κ3) is 3.58. The first kappa shape index (κ1) is 14.5. The third-order valence-electron chi connectivity index (χ3n) is 3.57. The number of benzene rings is 1. The van der Waals surface area contributed by atoms with Crippen LogP contribution in [0.3, 0.4) is 0 Å². The van der Waals surface area contributed by atoms with E-state index in [1.54, 1.807) is 6.20 Å². The average molecular weight is 270 g/mol. The largest absolute Gasteiger partial charge is 0.439 e. The summed E-state index contributed by atoms with van der Waals surface area (Å²) < 4.78 is 5.77. The fraction of sp³-hybridized carbons (Fsp3) is 0.353. The van der Waals surface area contributed by atoms with Crippen molar-refractivity contribution in [3.8, 4) is 11.6 Å². The van der Waals surface area contributed by atoms with E-state index in [0.717, 1.165) is 17.7 Å². The number of rotatable bonds is 5. The lowest BCUT2D eigenvalue weighted by Crippen LogP contribution is -2.05. The van der Waals surface area contributed by atoms with E-state index in [4.69, 9.17) is 10.5 Å². The molecule has 0 amide bonds. The first-order valence-electron chi connectivity index (χ1n) is 7.09. The van der Waals surface area contributed by atoms with Crippen LogP contribution in [0.2, 0.25) is 0 Å². The van der Waals surface area contributed by atoms with Crippen LogP contribution >= 0.6 is 0 Å². The molecule has 2 unspecified atom stereocenters. The molecular weight excluding hydrogens is 248 g/mol. The third-order valence-corrected chi connectivity index (χ3v) is 3.57. The van der Waals surface area contributed by atoms with Crippen LogP contribution in [0.4, 0.5) is 0 Å². The lowest BCUT2D eigenvalue weighted by molar-refractivity contribution is 0.461. The fourth-order valence-corrected chi connectivity index (χ4v) is 1.98. The second kappa shape index (κ2) is 6.53. The minimum atomic E-state index is -0.0203. The molecule has 0 aliphatic rings. The lowest BCUT2D eigenvalue weighted by atomic mass is 9.99. The van der Waals surface area contributed by atoms with E-state index in [0.29, 0.717) is 11.8 Å². The Hall–Kier alpha value is -1.87. The molecule has 2 N–H and O–H groups in total. The van der Waals surface area contributed by atoms with Crippen molar-refractivity contribution >= 4 is 0 Å². The highest BCUT2D eigenvalue weighted by atomic mass is 16.5. The van der Waals surface area contributed by atoms with Gasteiger partial charge in [-0.2, -0.15) is 0 Å². The second-order valence-corrected chi connectivity index (χ2v) is 5.20. The molecule has 20 heavy (non-hydrogen) atoms. The van der Waals surface area contributed by atoms with Gasteiger partial charge in [0.1, 0.15) is 5.75 Å². The van der Waals surface area contributed by atoms with Crippen molar-refractivity contribution in [1.82, 2.24) is 4.98 Å². The van der Waals surface area contributed by atoms with Gasteiger partial charge < -0.3 is 10.5 Å². The molecule has 1 aromatic heterocycles. The first-order valence-corrected chi connectivity index (χ1v) is 7.09. The predicted molar refractivity (Wildman–Crippen MR) is 82.1 cm³/mol. The van der Waals surface area contributed by atoms with Crippen molar-refractivity contribution in [1.29, 1.82) is 0 Å². The van der Waals surface area contributed by atoms with Crippen LogP contribution in [0.5, 0.6) is 11.6 Å².